The highest BCUT2D eigenvalue weighted by atomic mass is 32.2. The molecule has 0 bridgehead atoms. The molecule has 0 aliphatic carbocycles. The predicted molar refractivity (Wildman–Crippen MR) is 90.7 cm³/mol. The van der Waals surface area contributed by atoms with Crippen molar-refractivity contribution in [1.82, 2.24) is 0 Å². The lowest BCUT2D eigenvalue weighted by Gasteiger charge is -2.20. The Bertz CT molecular complexity index is 815. The molecule has 0 saturated heterocycles. The van der Waals surface area contributed by atoms with Gasteiger partial charge in [0.05, 0.1) is 10.6 Å². The number of benzene rings is 2. The first kappa shape index (κ1) is 18.5. The first-order valence-electron chi connectivity index (χ1n) is 6.87. The quantitative estimate of drug-likeness (QED) is 0.695. The Kier molecular flexibility index (Phi) is 5.66. The fourth-order valence-electron chi connectivity index (χ4n) is 1.88. The summed E-state index contributed by atoms with van der Waals surface area (Å²) in [6.45, 7) is 0. The molecule has 9 heteroatoms. The summed E-state index contributed by atoms with van der Waals surface area (Å²) in [5.74, 6) is 0.233. The van der Waals surface area contributed by atoms with Gasteiger partial charge >= 0.3 is 7.82 Å². The van der Waals surface area contributed by atoms with E-state index in [0.717, 1.165) is 4.31 Å². The SMILES string of the molecule is COP(=O)(OC)Oc1ccc(N(C)S(=O)(=O)c2ccccc2)cc1. The number of rotatable bonds is 7. The van der Waals surface area contributed by atoms with Gasteiger partial charge < -0.3 is 4.52 Å². The van der Waals surface area contributed by atoms with Gasteiger partial charge in [0.25, 0.3) is 10.0 Å². The van der Waals surface area contributed by atoms with Gasteiger partial charge in [-0.25, -0.2) is 13.0 Å². The van der Waals surface area contributed by atoms with Crippen molar-refractivity contribution in [2.24, 2.45) is 0 Å². The lowest BCUT2D eigenvalue weighted by atomic mass is 10.3. The number of phosphoric ester groups is 1. The Morgan fingerprint density at radius 2 is 1.46 bits per heavy atom. The molecule has 2 aromatic carbocycles. The van der Waals surface area contributed by atoms with Crippen molar-refractivity contribution < 1.29 is 26.6 Å². The molecule has 0 radical (unpaired) electrons. The van der Waals surface area contributed by atoms with Crippen molar-refractivity contribution >= 4 is 23.5 Å². The Morgan fingerprint density at radius 3 is 1.96 bits per heavy atom. The first-order valence-corrected chi connectivity index (χ1v) is 9.77. The van der Waals surface area contributed by atoms with Gasteiger partial charge in [-0.05, 0) is 36.4 Å². The van der Waals surface area contributed by atoms with Crippen LogP contribution in [0, 0.1) is 0 Å². The number of phosphoric acid groups is 1. The third kappa shape index (κ3) is 3.96. The average molecular weight is 371 g/mol. The molecule has 0 unspecified atom stereocenters. The second-order valence-electron chi connectivity index (χ2n) is 4.68. The Labute approximate surface area is 141 Å². The van der Waals surface area contributed by atoms with Crippen LogP contribution in [0.4, 0.5) is 5.69 Å². The predicted octanol–water partition coefficient (Wildman–Crippen LogP) is 3.29. The minimum absolute atomic E-state index is 0.191. The third-order valence-corrected chi connectivity index (χ3v) is 6.39. The summed E-state index contributed by atoms with van der Waals surface area (Å²) >= 11 is 0. The Hall–Kier alpha value is -1.86. The van der Waals surface area contributed by atoms with Crippen LogP contribution in [0.25, 0.3) is 0 Å². The lowest BCUT2D eigenvalue weighted by Crippen LogP contribution is -2.26. The largest absolute Gasteiger partial charge is 0.529 e. The van der Waals surface area contributed by atoms with Crippen molar-refractivity contribution in [2.75, 3.05) is 25.6 Å². The molecule has 0 atom stereocenters. The molecule has 24 heavy (non-hydrogen) atoms. The molecule has 0 aliphatic rings. The van der Waals surface area contributed by atoms with Crippen LogP contribution in [-0.2, 0) is 23.6 Å². The topological polar surface area (TPSA) is 82.1 Å². The first-order chi connectivity index (χ1) is 11.3. The molecular weight excluding hydrogens is 353 g/mol. The van der Waals surface area contributed by atoms with Crippen LogP contribution < -0.4 is 8.83 Å². The monoisotopic (exact) mass is 371 g/mol. The number of hydrogen-bond acceptors (Lipinski definition) is 6. The van der Waals surface area contributed by atoms with Crippen molar-refractivity contribution in [3.8, 4) is 5.75 Å². The molecule has 0 aromatic heterocycles. The summed E-state index contributed by atoms with van der Waals surface area (Å²) in [7, 11) is -3.45. The molecule has 0 heterocycles. The van der Waals surface area contributed by atoms with Crippen LogP contribution in [0.1, 0.15) is 0 Å². The maximum absolute atomic E-state index is 12.5. The van der Waals surface area contributed by atoms with Gasteiger partial charge in [-0.2, -0.15) is 0 Å². The van der Waals surface area contributed by atoms with E-state index in [0.29, 0.717) is 5.69 Å². The summed E-state index contributed by atoms with van der Waals surface area (Å²) in [6, 6.07) is 14.1. The van der Waals surface area contributed by atoms with E-state index >= 15 is 0 Å². The van der Waals surface area contributed by atoms with Crippen LogP contribution >= 0.6 is 7.82 Å². The zero-order valence-corrected chi connectivity index (χ0v) is 15.2. The smallest absolute Gasteiger partial charge is 0.404 e. The number of sulfonamides is 1. The molecule has 0 fully saturated rings. The molecule has 2 aromatic rings. The maximum atomic E-state index is 12.5. The van der Waals surface area contributed by atoms with E-state index in [9.17, 15) is 13.0 Å². The zero-order valence-electron chi connectivity index (χ0n) is 13.4. The highest BCUT2D eigenvalue weighted by molar-refractivity contribution is 7.92. The summed E-state index contributed by atoms with van der Waals surface area (Å²) in [4.78, 5) is 0.191. The maximum Gasteiger partial charge on any atom is 0.529 e. The van der Waals surface area contributed by atoms with Gasteiger partial charge in [-0.1, -0.05) is 18.2 Å². The van der Waals surface area contributed by atoms with E-state index in [-0.39, 0.29) is 10.6 Å². The highest BCUT2D eigenvalue weighted by Gasteiger charge is 2.25. The lowest BCUT2D eigenvalue weighted by molar-refractivity contribution is 0.211. The summed E-state index contributed by atoms with van der Waals surface area (Å²) in [5.41, 5.74) is 0.427. The van der Waals surface area contributed by atoms with Crippen LogP contribution in [0.15, 0.2) is 59.5 Å². The minimum atomic E-state index is -3.66. The standard InChI is InChI=1S/C15H18NO6PS/c1-16(24(18,19)15-7-5-4-6-8-15)13-9-11-14(12-10-13)22-23(17,20-2)21-3/h4-12H,1-3H3. The van der Waals surface area contributed by atoms with E-state index in [1.54, 1.807) is 18.2 Å². The zero-order chi connectivity index (χ0) is 17.8. The van der Waals surface area contributed by atoms with Crippen molar-refractivity contribution in [2.45, 2.75) is 4.90 Å². The summed E-state index contributed by atoms with van der Waals surface area (Å²) in [5, 5.41) is 0. The minimum Gasteiger partial charge on any atom is -0.404 e. The molecule has 0 amide bonds. The summed E-state index contributed by atoms with van der Waals surface area (Å²) < 4.78 is 52.7. The second-order valence-corrected chi connectivity index (χ2v) is 8.46. The van der Waals surface area contributed by atoms with Gasteiger partial charge in [0.2, 0.25) is 0 Å². The van der Waals surface area contributed by atoms with Crippen LogP contribution in [0.3, 0.4) is 0 Å². The molecule has 2 rings (SSSR count). The molecule has 0 N–H and O–H groups in total. The molecule has 130 valence electrons. The molecule has 7 nitrogen and oxygen atoms in total. The van der Waals surface area contributed by atoms with E-state index in [1.807, 2.05) is 0 Å². The van der Waals surface area contributed by atoms with E-state index in [1.165, 1.54) is 57.7 Å². The normalized spacial score (nSPS) is 12.0. The van der Waals surface area contributed by atoms with Gasteiger partial charge in [0, 0.05) is 21.3 Å². The Morgan fingerprint density at radius 1 is 0.917 bits per heavy atom. The molecule has 0 aliphatic heterocycles. The van der Waals surface area contributed by atoms with Crippen LogP contribution in [0.2, 0.25) is 0 Å². The van der Waals surface area contributed by atoms with Crippen LogP contribution in [-0.4, -0.2) is 29.7 Å². The summed E-state index contributed by atoms with van der Waals surface area (Å²) in [6.07, 6.45) is 0. The van der Waals surface area contributed by atoms with E-state index < -0.39 is 17.8 Å². The van der Waals surface area contributed by atoms with E-state index in [2.05, 4.69) is 9.05 Å². The Balaban J connectivity index is 2.23. The molecular formula is C15H18NO6PS. The fourth-order valence-corrected chi connectivity index (χ4v) is 3.78. The fraction of sp³-hybridized carbons (Fsp3) is 0.200. The molecule has 0 spiro atoms. The third-order valence-electron chi connectivity index (χ3n) is 3.27. The highest BCUT2D eigenvalue weighted by Crippen LogP contribution is 2.47. The van der Waals surface area contributed by atoms with E-state index in [4.69, 9.17) is 4.52 Å². The number of hydrogen-bond donors (Lipinski definition) is 0. The second kappa shape index (κ2) is 7.36. The average Bonchev–Trinajstić information content (AvgIpc) is 2.62. The van der Waals surface area contributed by atoms with Crippen molar-refractivity contribution in [3.05, 3.63) is 54.6 Å². The van der Waals surface area contributed by atoms with Crippen molar-refractivity contribution in [1.29, 1.82) is 0 Å². The molecule has 0 saturated carbocycles. The number of nitrogens with zero attached hydrogens (tertiary/aromatic N) is 1. The van der Waals surface area contributed by atoms with Crippen LogP contribution in [0.5, 0.6) is 5.75 Å². The van der Waals surface area contributed by atoms with Gasteiger partial charge in [0.1, 0.15) is 5.75 Å². The van der Waals surface area contributed by atoms with Gasteiger partial charge in [-0.15, -0.1) is 0 Å². The van der Waals surface area contributed by atoms with Crippen molar-refractivity contribution in [3.63, 3.8) is 0 Å². The van der Waals surface area contributed by atoms with Gasteiger partial charge in [-0.3, -0.25) is 13.4 Å². The number of anilines is 1. The van der Waals surface area contributed by atoms with Gasteiger partial charge in [0.15, 0.2) is 0 Å².